The molecule has 2 N–H and O–H groups in total. The van der Waals surface area contributed by atoms with Gasteiger partial charge in [-0.1, -0.05) is 27.2 Å². The van der Waals surface area contributed by atoms with Crippen LogP contribution in [-0.2, 0) is 0 Å². The molecule has 0 radical (unpaired) electrons. The van der Waals surface area contributed by atoms with Crippen molar-refractivity contribution >= 4 is 0 Å². The van der Waals surface area contributed by atoms with E-state index in [2.05, 4.69) is 20.8 Å². The van der Waals surface area contributed by atoms with Gasteiger partial charge in [0.05, 0.1) is 0 Å². The second kappa shape index (κ2) is 3.14. The quantitative estimate of drug-likeness (QED) is 0.666. The summed E-state index contributed by atoms with van der Waals surface area (Å²) in [7, 11) is 0. The number of hydrogen-bond acceptors (Lipinski definition) is 1. The predicted molar refractivity (Wildman–Crippen MR) is 49.4 cm³/mol. The minimum atomic E-state index is 0.510. The van der Waals surface area contributed by atoms with E-state index in [1.807, 2.05) is 0 Å². The monoisotopic (exact) mass is 155 g/mol. The lowest BCUT2D eigenvalue weighted by Crippen LogP contribution is -2.43. The molecule has 11 heavy (non-hydrogen) atoms. The molecule has 1 aliphatic rings. The maximum Gasteiger partial charge on any atom is 0.00445 e. The lowest BCUT2D eigenvalue weighted by atomic mass is 9.63. The second-order valence-corrected chi connectivity index (χ2v) is 4.67. The third-order valence-corrected chi connectivity index (χ3v) is 3.17. The summed E-state index contributed by atoms with van der Waals surface area (Å²) in [6.45, 7) is 7.03. The molecule has 1 saturated carbocycles. The van der Waals surface area contributed by atoms with Gasteiger partial charge < -0.3 is 5.73 Å². The number of rotatable bonds is 3. The standard InChI is InChI=1S/C10H21N/c1-4-5-10(2,3)8-6-9(11)7-8/h8-9H,4-7,11H2,1-3H3. The smallest absolute Gasteiger partial charge is 0.00445 e. The van der Waals surface area contributed by atoms with E-state index in [0.29, 0.717) is 11.5 Å². The molecule has 0 aromatic heterocycles. The normalized spacial score (nSPS) is 31.6. The van der Waals surface area contributed by atoms with Crippen LogP contribution < -0.4 is 5.73 Å². The third kappa shape index (κ3) is 1.96. The molecular weight excluding hydrogens is 134 g/mol. The zero-order chi connectivity index (χ0) is 8.48. The van der Waals surface area contributed by atoms with Crippen molar-refractivity contribution < 1.29 is 0 Å². The maximum atomic E-state index is 5.76. The Labute approximate surface area is 70.4 Å². The minimum absolute atomic E-state index is 0.510. The second-order valence-electron chi connectivity index (χ2n) is 4.67. The molecule has 0 heterocycles. The van der Waals surface area contributed by atoms with Gasteiger partial charge in [0, 0.05) is 6.04 Å². The van der Waals surface area contributed by atoms with E-state index >= 15 is 0 Å². The summed E-state index contributed by atoms with van der Waals surface area (Å²) in [6, 6.07) is 0.510. The first kappa shape index (κ1) is 9.05. The zero-order valence-electron chi connectivity index (χ0n) is 8.06. The van der Waals surface area contributed by atoms with Crippen molar-refractivity contribution in [3.63, 3.8) is 0 Å². The summed E-state index contributed by atoms with van der Waals surface area (Å²) in [5.74, 6) is 0.900. The fourth-order valence-corrected chi connectivity index (χ4v) is 2.15. The average molecular weight is 155 g/mol. The first-order valence-electron chi connectivity index (χ1n) is 4.82. The van der Waals surface area contributed by atoms with E-state index in [4.69, 9.17) is 5.73 Å². The first-order chi connectivity index (χ1) is 5.06. The fraction of sp³-hybridized carbons (Fsp3) is 1.00. The molecule has 1 heteroatoms. The Morgan fingerprint density at radius 1 is 1.36 bits per heavy atom. The van der Waals surface area contributed by atoms with Crippen LogP contribution >= 0.6 is 0 Å². The Balaban J connectivity index is 2.33. The van der Waals surface area contributed by atoms with Gasteiger partial charge in [-0.15, -0.1) is 0 Å². The summed E-state index contributed by atoms with van der Waals surface area (Å²) in [5, 5.41) is 0. The van der Waals surface area contributed by atoms with Gasteiger partial charge in [-0.2, -0.15) is 0 Å². The highest BCUT2D eigenvalue weighted by Gasteiger charge is 2.37. The Morgan fingerprint density at radius 3 is 2.27 bits per heavy atom. The van der Waals surface area contributed by atoms with Crippen molar-refractivity contribution in [1.29, 1.82) is 0 Å². The zero-order valence-corrected chi connectivity index (χ0v) is 8.06. The molecule has 0 bridgehead atoms. The van der Waals surface area contributed by atoms with Gasteiger partial charge in [-0.05, 0) is 30.6 Å². The first-order valence-corrected chi connectivity index (χ1v) is 4.82. The molecular formula is C10H21N. The molecule has 1 rings (SSSR count). The van der Waals surface area contributed by atoms with Gasteiger partial charge >= 0.3 is 0 Å². The predicted octanol–water partition coefficient (Wildman–Crippen LogP) is 2.55. The average Bonchev–Trinajstić information content (AvgIpc) is 1.81. The molecule has 0 amide bonds. The van der Waals surface area contributed by atoms with Crippen LogP contribution in [0.15, 0.2) is 0 Å². The Hall–Kier alpha value is -0.0400. The fourth-order valence-electron chi connectivity index (χ4n) is 2.15. The number of nitrogens with two attached hydrogens (primary N) is 1. The largest absolute Gasteiger partial charge is 0.328 e. The van der Waals surface area contributed by atoms with Crippen LogP contribution in [-0.4, -0.2) is 6.04 Å². The lowest BCUT2D eigenvalue weighted by molar-refractivity contribution is 0.0907. The Kier molecular flexibility index (Phi) is 2.58. The Bertz CT molecular complexity index is 123. The van der Waals surface area contributed by atoms with Crippen LogP contribution in [0.4, 0.5) is 0 Å². The molecule has 1 aliphatic carbocycles. The number of hydrogen-bond donors (Lipinski definition) is 1. The molecule has 1 fully saturated rings. The van der Waals surface area contributed by atoms with Crippen molar-refractivity contribution in [1.82, 2.24) is 0 Å². The van der Waals surface area contributed by atoms with E-state index in [-0.39, 0.29) is 0 Å². The minimum Gasteiger partial charge on any atom is -0.328 e. The van der Waals surface area contributed by atoms with Crippen molar-refractivity contribution in [2.45, 2.75) is 52.5 Å². The van der Waals surface area contributed by atoms with Gasteiger partial charge in [0.25, 0.3) is 0 Å². The Morgan fingerprint density at radius 2 is 1.91 bits per heavy atom. The molecule has 0 spiro atoms. The summed E-state index contributed by atoms with van der Waals surface area (Å²) >= 11 is 0. The topological polar surface area (TPSA) is 26.0 Å². The van der Waals surface area contributed by atoms with Gasteiger partial charge in [0.2, 0.25) is 0 Å². The highest BCUT2D eigenvalue weighted by molar-refractivity contribution is 4.91. The molecule has 0 saturated heterocycles. The van der Waals surface area contributed by atoms with Crippen LogP contribution in [0.1, 0.15) is 46.5 Å². The van der Waals surface area contributed by atoms with Crippen molar-refractivity contribution in [2.75, 3.05) is 0 Å². The summed E-state index contributed by atoms with van der Waals surface area (Å²) < 4.78 is 0. The molecule has 0 aromatic rings. The molecule has 0 aromatic carbocycles. The van der Waals surface area contributed by atoms with E-state index in [0.717, 1.165) is 5.92 Å². The van der Waals surface area contributed by atoms with Gasteiger partial charge in [-0.3, -0.25) is 0 Å². The molecule has 1 nitrogen and oxygen atoms in total. The van der Waals surface area contributed by atoms with Gasteiger partial charge in [0.1, 0.15) is 0 Å². The SMILES string of the molecule is CCCC(C)(C)C1CC(N)C1. The van der Waals surface area contributed by atoms with Crippen molar-refractivity contribution in [3.8, 4) is 0 Å². The molecule has 0 unspecified atom stereocenters. The van der Waals surface area contributed by atoms with Crippen LogP contribution in [0.3, 0.4) is 0 Å². The van der Waals surface area contributed by atoms with Gasteiger partial charge in [0.15, 0.2) is 0 Å². The van der Waals surface area contributed by atoms with E-state index in [1.165, 1.54) is 25.7 Å². The summed E-state index contributed by atoms with van der Waals surface area (Å²) in [4.78, 5) is 0. The van der Waals surface area contributed by atoms with Crippen LogP contribution in [0, 0.1) is 11.3 Å². The van der Waals surface area contributed by atoms with E-state index in [9.17, 15) is 0 Å². The lowest BCUT2D eigenvalue weighted by Gasteiger charge is -2.44. The highest BCUT2D eigenvalue weighted by atomic mass is 14.7. The van der Waals surface area contributed by atoms with Crippen molar-refractivity contribution in [2.24, 2.45) is 17.1 Å². The highest BCUT2D eigenvalue weighted by Crippen LogP contribution is 2.43. The maximum absolute atomic E-state index is 5.76. The van der Waals surface area contributed by atoms with Crippen LogP contribution in [0.2, 0.25) is 0 Å². The summed E-state index contributed by atoms with van der Waals surface area (Å²) in [5.41, 5.74) is 6.31. The van der Waals surface area contributed by atoms with Crippen molar-refractivity contribution in [3.05, 3.63) is 0 Å². The van der Waals surface area contributed by atoms with E-state index in [1.54, 1.807) is 0 Å². The van der Waals surface area contributed by atoms with Gasteiger partial charge in [-0.25, -0.2) is 0 Å². The van der Waals surface area contributed by atoms with Crippen LogP contribution in [0.5, 0.6) is 0 Å². The molecule has 66 valence electrons. The summed E-state index contributed by atoms with van der Waals surface area (Å²) in [6.07, 6.45) is 5.17. The molecule has 0 aliphatic heterocycles. The molecule has 0 atom stereocenters. The van der Waals surface area contributed by atoms with Crippen LogP contribution in [0.25, 0.3) is 0 Å². The third-order valence-electron chi connectivity index (χ3n) is 3.17. The van der Waals surface area contributed by atoms with E-state index < -0.39 is 0 Å².